The van der Waals surface area contributed by atoms with Crippen molar-refractivity contribution in [3.8, 4) is 0 Å². The van der Waals surface area contributed by atoms with E-state index in [1.165, 1.54) is 16.9 Å². The molecule has 2 aromatic heterocycles. The average Bonchev–Trinajstić information content (AvgIpc) is 3.05. The van der Waals surface area contributed by atoms with Gasteiger partial charge in [-0.2, -0.15) is 0 Å². The number of nitrogen functional groups attached to an aromatic ring is 1. The Kier molecular flexibility index (Phi) is 3.93. The van der Waals surface area contributed by atoms with Crippen molar-refractivity contribution in [2.45, 2.75) is 6.29 Å². The fourth-order valence-corrected chi connectivity index (χ4v) is 4.88. The number of aromatic nitrogens is 4. The molecular weight excluding hydrogens is 317 g/mol. The molecule has 0 fully saturated rings. The number of imidazole rings is 1. The van der Waals surface area contributed by atoms with Crippen LogP contribution in [0.3, 0.4) is 0 Å². The number of nitrogens with zero attached hydrogens (tertiary/aromatic N) is 4. The predicted octanol–water partition coefficient (Wildman–Crippen LogP) is 2.50. The average molecular weight is 333 g/mol. The number of rotatable bonds is 4. The molecule has 0 saturated heterocycles. The van der Waals surface area contributed by atoms with E-state index in [1.54, 1.807) is 6.33 Å². The Morgan fingerprint density at radius 2 is 1.46 bits per heavy atom. The molecule has 0 radical (unpaired) electrons. The van der Waals surface area contributed by atoms with Crippen molar-refractivity contribution in [1.29, 1.82) is 0 Å². The smallest absolute Gasteiger partial charge is 0.165 e. The van der Waals surface area contributed by atoms with E-state index in [4.69, 9.17) is 5.73 Å². The maximum atomic E-state index is 5.90. The largest absolute Gasteiger partial charge is 0.382 e. The molecule has 5 nitrogen and oxygen atoms in total. The van der Waals surface area contributed by atoms with Gasteiger partial charge in [0.25, 0.3) is 0 Å². The van der Waals surface area contributed by atoms with Crippen LogP contribution in [0, 0.1) is 0 Å². The van der Waals surface area contributed by atoms with Gasteiger partial charge in [-0.05, 0) is 18.5 Å². The van der Waals surface area contributed by atoms with Crippen molar-refractivity contribution in [2.75, 3.05) is 5.73 Å². The normalized spacial score (nSPS) is 11.2. The van der Waals surface area contributed by atoms with Gasteiger partial charge in [-0.25, -0.2) is 15.0 Å². The maximum absolute atomic E-state index is 5.90. The van der Waals surface area contributed by atoms with Crippen molar-refractivity contribution < 1.29 is 0 Å². The third kappa shape index (κ3) is 2.74. The van der Waals surface area contributed by atoms with Crippen LogP contribution in [0.4, 0.5) is 5.82 Å². The molecule has 0 aliphatic rings. The molecule has 0 aliphatic carbocycles. The SMILES string of the molecule is Nc1ncnc2c1ncn2CP(c1ccccc1)c1ccccc1. The fourth-order valence-electron chi connectivity index (χ4n) is 2.68. The summed E-state index contributed by atoms with van der Waals surface area (Å²) in [5.74, 6) is 0.419. The number of hydrogen-bond donors (Lipinski definition) is 1. The zero-order chi connectivity index (χ0) is 16.4. The zero-order valence-electron chi connectivity index (χ0n) is 12.9. The molecule has 0 spiro atoms. The van der Waals surface area contributed by atoms with Crippen LogP contribution >= 0.6 is 7.92 Å². The van der Waals surface area contributed by atoms with E-state index in [0.29, 0.717) is 11.3 Å². The molecule has 2 N–H and O–H groups in total. The van der Waals surface area contributed by atoms with Gasteiger partial charge >= 0.3 is 0 Å². The van der Waals surface area contributed by atoms with Gasteiger partial charge in [-0.1, -0.05) is 60.7 Å². The lowest BCUT2D eigenvalue weighted by atomic mass is 10.4. The molecular formula is C18H16N5P. The van der Waals surface area contributed by atoms with Crippen LogP contribution in [-0.4, -0.2) is 19.5 Å². The summed E-state index contributed by atoms with van der Waals surface area (Å²) in [5.41, 5.74) is 7.34. The number of hydrogen-bond acceptors (Lipinski definition) is 4. The topological polar surface area (TPSA) is 69.6 Å². The van der Waals surface area contributed by atoms with Crippen LogP contribution in [0.2, 0.25) is 0 Å². The minimum atomic E-state index is -0.563. The quantitative estimate of drug-likeness (QED) is 0.583. The Bertz CT molecular complexity index is 913. The lowest BCUT2D eigenvalue weighted by Gasteiger charge is -2.19. The molecule has 0 aliphatic heterocycles. The molecule has 24 heavy (non-hydrogen) atoms. The summed E-state index contributed by atoms with van der Waals surface area (Å²) in [6.45, 7) is 0. The van der Waals surface area contributed by atoms with Crippen molar-refractivity contribution in [3.05, 3.63) is 73.3 Å². The van der Waals surface area contributed by atoms with E-state index in [-0.39, 0.29) is 0 Å². The summed E-state index contributed by atoms with van der Waals surface area (Å²) in [5, 5.41) is 2.64. The second-order valence-corrected chi connectivity index (χ2v) is 7.56. The van der Waals surface area contributed by atoms with Gasteiger partial charge in [-0.15, -0.1) is 0 Å². The summed E-state index contributed by atoms with van der Waals surface area (Å²) in [4.78, 5) is 12.8. The van der Waals surface area contributed by atoms with Gasteiger partial charge in [-0.3, -0.25) is 0 Å². The highest BCUT2D eigenvalue weighted by molar-refractivity contribution is 7.72. The zero-order valence-corrected chi connectivity index (χ0v) is 13.8. The first-order chi connectivity index (χ1) is 11.8. The summed E-state index contributed by atoms with van der Waals surface area (Å²) in [7, 11) is -0.563. The third-order valence-electron chi connectivity index (χ3n) is 3.86. The monoisotopic (exact) mass is 333 g/mol. The molecule has 6 heteroatoms. The summed E-state index contributed by atoms with van der Waals surface area (Å²) < 4.78 is 2.07. The van der Waals surface area contributed by atoms with Crippen LogP contribution in [0.1, 0.15) is 0 Å². The summed E-state index contributed by atoms with van der Waals surface area (Å²) >= 11 is 0. The Hall–Kier alpha value is -2.78. The van der Waals surface area contributed by atoms with Crippen LogP contribution in [0.5, 0.6) is 0 Å². The molecule has 2 heterocycles. The van der Waals surface area contributed by atoms with Gasteiger partial charge in [0.05, 0.1) is 12.6 Å². The highest BCUT2D eigenvalue weighted by Gasteiger charge is 2.16. The first-order valence-electron chi connectivity index (χ1n) is 7.62. The minimum Gasteiger partial charge on any atom is -0.382 e. The van der Waals surface area contributed by atoms with Crippen molar-refractivity contribution in [3.63, 3.8) is 0 Å². The lowest BCUT2D eigenvalue weighted by Crippen LogP contribution is -2.15. The Morgan fingerprint density at radius 1 is 0.833 bits per heavy atom. The van der Waals surface area contributed by atoms with Gasteiger partial charge < -0.3 is 10.3 Å². The first kappa shape index (κ1) is 14.8. The van der Waals surface area contributed by atoms with Crippen molar-refractivity contribution in [1.82, 2.24) is 19.5 Å². The number of anilines is 1. The van der Waals surface area contributed by atoms with Crippen molar-refractivity contribution in [2.24, 2.45) is 0 Å². The van der Waals surface area contributed by atoms with Gasteiger partial charge in [0.2, 0.25) is 0 Å². The molecule has 0 bridgehead atoms. The Labute approximate surface area is 141 Å². The molecule has 0 unspecified atom stereocenters. The molecule has 2 aromatic carbocycles. The molecule has 0 atom stereocenters. The second-order valence-electron chi connectivity index (χ2n) is 5.39. The number of nitrogens with two attached hydrogens (primary N) is 1. The van der Waals surface area contributed by atoms with E-state index in [9.17, 15) is 0 Å². The highest BCUT2D eigenvalue weighted by atomic mass is 31.1. The summed E-state index contributed by atoms with van der Waals surface area (Å²) in [6.07, 6.45) is 4.09. The fraction of sp³-hybridized carbons (Fsp3) is 0.0556. The van der Waals surface area contributed by atoms with Gasteiger partial charge in [0, 0.05) is 0 Å². The Morgan fingerprint density at radius 3 is 2.08 bits per heavy atom. The molecule has 118 valence electrons. The van der Waals surface area contributed by atoms with Gasteiger partial charge in [0.1, 0.15) is 11.8 Å². The lowest BCUT2D eigenvalue weighted by molar-refractivity contribution is 0.899. The van der Waals surface area contributed by atoms with E-state index >= 15 is 0 Å². The number of fused-ring (bicyclic) bond motifs is 1. The second kappa shape index (κ2) is 6.38. The van der Waals surface area contributed by atoms with Crippen molar-refractivity contribution >= 4 is 35.5 Å². The molecule has 4 rings (SSSR count). The van der Waals surface area contributed by atoms with E-state index < -0.39 is 7.92 Å². The van der Waals surface area contributed by atoms with E-state index in [2.05, 4.69) is 68.0 Å². The highest BCUT2D eigenvalue weighted by Crippen LogP contribution is 2.36. The Balaban J connectivity index is 1.78. The first-order valence-corrected chi connectivity index (χ1v) is 9.14. The standard InChI is InChI=1S/C18H16N5P/c19-17-16-18(21-11-20-17)23(12-22-16)13-24(14-7-3-1-4-8-14)15-9-5-2-6-10-15/h1-12H,13H2,(H2,19,20,21). The molecule has 0 saturated carbocycles. The molecule has 4 aromatic rings. The van der Waals surface area contributed by atoms with Gasteiger partial charge in [0.15, 0.2) is 11.5 Å². The van der Waals surface area contributed by atoms with E-state index in [1.807, 2.05) is 12.1 Å². The summed E-state index contributed by atoms with van der Waals surface area (Å²) in [6, 6.07) is 21.1. The third-order valence-corrected chi connectivity index (χ3v) is 6.29. The van der Waals surface area contributed by atoms with Crippen LogP contribution in [-0.2, 0) is 6.29 Å². The number of benzene rings is 2. The van der Waals surface area contributed by atoms with Crippen LogP contribution in [0.25, 0.3) is 11.2 Å². The van der Waals surface area contributed by atoms with Crippen LogP contribution in [0.15, 0.2) is 73.3 Å². The minimum absolute atomic E-state index is 0.419. The predicted molar refractivity (Wildman–Crippen MR) is 98.8 cm³/mol. The molecule has 0 amide bonds. The van der Waals surface area contributed by atoms with Crippen LogP contribution < -0.4 is 16.3 Å². The van der Waals surface area contributed by atoms with E-state index in [0.717, 1.165) is 11.9 Å². The maximum Gasteiger partial charge on any atom is 0.165 e.